The van der Waals surface area contributed by atoms with Crippen LogP contribution in [0.15, 0.2) is 15.2 Å². The van der Waals surface area contributed by atoms with Crippen LogP contribution in [0, 0.1) is 0 Å². The van der Waals surface area contributed by atoms with Crippen LogP contribution in [0.1, 0.15) is 18.9 Å². The summed E-state index contributed by atoms with van der Waals surface area (Å²) >= 11 is 5.01. The van der Waals surface area contributed by atoms with Gasteiger partial charge in [-0.3, -0.25) is 4.79 Å². The van der Waals surface area contributed by atoms with Crippen molar-refractivity contribution in [3.63, 3.8) is 0 Å². The van der Waals surface area contributed by atoms with Gasteiger partial charge in [0.2, 0.25) is 5.91 Å². The first-order valence-electron chi connectivity index (χ1n) is 4.78. The molecule has 1 aromatic rings. The quantitative estimate of drug-likeness (QED) is 0.924. The molecule has 3 nitrogen and oxygen atoms in total. The van der Waals surface area contributed by atoms with Gasteiger partial charge in [0.25, 0.3) is 0 Å². The van der Waals surface area contributed by atoms with Gasteiger partial charge in [-0.2, -0.15) is 0 Å². The lowest BCUT2D eigenvalue weighted by Gasteiger charge is -2.19. The van der Waals surface area contributed by atoms with Crippen LogP contribution in [0.5, 0.6) is 0 Å². The molecule has 2 N–H and O–H groups in total. The number of hydrogen-bond donors (Lipinski definition) is 1. The Labute approximate surface area is 102 Å². The molecule has 1 unspecified atom stereocenters. The van der Waals surface area contributed by atoms with Crippen molar-refractivity contribution in [2.45, 2.75) is 25.9 Å². The van der Waals surface area contributed by atoms with Crippen LogP contribution in [-0.2, 0) is 11.3 Å². The highest BCUT2D eigenvalue weighted by atomic mass is 79.9. The second-order valence-corrected chi connectivity index (χ2v) is 5.76. The molecule has 1 rings (SSSR count). The largest absolute Gasteiger partial charge is 0.340 e. The second kappa shape index (κ2) is 5.63. The third-order valence-corrected chi connectivity index (χ3v) is 3.73. The van der Waals surface area contributed by atoms with Crippen molar-refractivity contribution >= 4 is 33.2 Å². The molecule has 0 saturated heterocycles. The summed E-state index contributed by atoms with van der Waals surface area (Å²) in [4.78, 5) is 13.3. The molecule has 5 heteroatoms. The molecule has 0 bridgehead atoms. The molecule has 1 heterocycles. The fraction of sp³-hybridized carbons (Fsp3) is 0.500. The molecule has 1 aromatic heterocycles. The molecule has 0 aromatic carbocycles. The molecule has 1 amide bonds. The van der Waals surface area contributed by atoms with Crippen molar-refractivity contribution in [3.05, 3.63) is 20.8 Å². The summed E-state index contributed by atoms with van der Waals surface area (Å²) in [5.41, 5.74) is 6.81. The van der Waals surface area contributed by atoms with Gasteiger partial charge in [0.15, 0.2) is 0 Å². The normalized spacial score (nSPS) is 12.5. The minimum Gasteiger partial charge on any atom is -0.340 e. The summed E-state index contributed by atoms with van der Waals surface area (Å²) < 4.78 is 1.08. The van der Waals surface area contributed by atoms with Crippen LogP contribution in [0.2, 0.25) is 0 Å². The SMILES string of the molecule is CCC(N)C(=O)N(C)Cc1csc(Br)c1. The van der Waals surface area contributed by atoms with Crippen molar-refractivity contribution in [1.82, 2.24) is 4.90 Å². The smallest absolute Gasteiger partial charge is 0.239 e. The zero-order valence-electron chi connectivity index (χ0n) is 8.87. The molecule has 0 saturated carbocycles. The lowest BCUT2D eigenvalue weighted by atomic mass is 10.2. The van der Waals surface area contributed by atoms with E-state index >= 15 is 0 Å². The number of carbonyl (C=O) groups excluding carboxylic acids is 1. The average molecular weight is 291 g/mol. The molecule has 0 aliphatic carbocycles. The highest BCUT2D eigenvalue weighted by Gasteiger charge is 2.16. The first-order chi connectivity index (χ1) is 7.04. The number of thiophene rings is 1. The number of rotatable bonds is 4. The van der Waals surface area contributed by atoms with Gasteiger partial charge in [0, 0.05) is 13.6 Å². The average Bonchev–Trinajstić information content (AvgIpc) is 2.61. The molecule has 0 aliphatic heterocycles. The maximum Gasteiger partial charge on any atom is 0.239 e. The van der Waals surface area contributed by atoms with E-state index in [0.717, 1.165) is 9.35 Å². The van der Waals surface area contributed by atoms with E-state index in [2.05, 4.69) is 15.9 Å². The van der Waals surface area contributed by atoms with Crippen molar-refractivity contribution in [2.75, 3.05) is 7.05 Å². The maximum absolute atomic E-state index is 11.7. The Morgan fingerprint density at radius 1 is 1.73 bits per heavy atom. The predicted molar refractivity (Wildman–Crippen MR) is 66.8 cm³/mol. The molecular weight excluding hydrogens is 276 g/mol. The Bertz CT molecular complexity index is 340. The van der Waals surface area contributed by atoms with Crippen molar-refractivity contribution in [1.29, 1.82) is 0 Å². The predicted octanol–water partition coefficient (Wildman–Crippen LogP) is 2.21. The van der Waals surface area contributed by atoms with Crippen molar-refractivity contribution < 1.29 is 4.79 Å². The zero-order valence-corrected chi connectivity index (χ0v) is 11.3. The lowest BCUT2D eigenvalue weighted by molar-refractivity contribution is -0.131. The molecule has 15 heavy (non-hydrogen) atoms. The van der Waals surface area contributed by atoms with Crippen LogP contribution in [0.25, 0.3) is 0 Å². The number of nitrogens with two attached hydrogens (primary N) is 1. The number of amides is 1. The summed E-state index contributed by atoms with van der Waals surface area (Å²) in [6.45, 7) is 2.53. The van der Waals surface area contributed by atoms with Crippen molar-refractivity contribution in [3.8, 4) is 0 Å². The fourth-order valence-corrected chi connectivity index (χ4v) is 2.44. The van der Waals surface area contributed by atoms with E-state index < -0.39 is 0 Å². The molecule has 0 spiro atoms. The lowest BCUT2D eigenvalue weighted by Crippen LogP contribution is -2.40. The van der Waals surface area contributed by atoms with E-state index in [4.69, 9.17) is 5.73 Å². The summed E-state index contributed by atoms with van der Waals surface area (Å²) in [6.07, 6.45) is 0.677. The third-order valence-electron chi connectivity index (χ3n) is 2.17. The summed E-state index contributed by atoms with van der Waals surface area (Å²) in [7, 11) is 1.78. The first-order valence-corrected chi connectivity index (χ1v) is 6.45. The zero-order chi connectivity index (χ0) is 11.4. The van der Waals surface area contributed by atoms with Gasteiger partial charge in [0.1, 0.15) is 0 Å². The van der Waals surface area contributed by atoms with E-state index in [1.807, 2.05) is 18.4 Å². The number of halogens is 1. The van der Waals surface area contributed by atoms with Gasteiger partial charge in [-0.1, -0.05) is 6.92 Å². The number of likely N-dealkylation sites (N-methyl/N-ethyl adjacent to an activating group) is 1. The maximum atomic E-state index is 11.7. The van der Waals surface area contributed by atoms with Crippen LogP contribution >= 0.6 is 27.3 Å². The number of nitrogens with zero attached hydrogens (tertiary/aromatic N) is 1. The minimum atomic E-state index is -0.378. The monoisotopic (exact) mass is 290 g/mol. The van der Waals surface area contributed by atoms with E-state index in [9.17, 15) is 4.79 Å². The van der Waals surface area contributed by atoms with E-state index in [1.165, 1.54) is 0 Å². The Morgan fingerprint density at radius 2 is 2.40 bits per heavy atom. The highest BCUT2D eigenvalue weighted by molar-refractivity contribution is 9.11. The van der Waals surface area contributed by atoms with Gasteiger partial charge >= 0.3 is 0 Å². The standard InChI is InChI=1S/C10H15BrN2OS/c1-3-8(12)10(14)13(2)5-7-4-9(11)15-6-7/h4,6,8H,3,5,12H2,1-2H3. The van der Waals surface area contributed by atoms with Gasteiger partial charge < -0.3 is 10.6 Å². The molecule has 0 radical (unpaired) electrons. The van der Waals surface area contributed by atoms with Crippen LogP contribution in [0.4, 0.5) is 0 Å². The Morgan fingerprint density at radius 3 is 2.87 bits per heavy atom. The Kier molecular flexibility index (Phi) is 4.76. The Balaban J connectivity index is 2.55. The summed E-state index contributed by atoms with van der Waals surface area (Å²) in [6, 6.07) is 1.64. The number of hydrogen-bond acceptors (Lipinski definition) is 3. The topological polar surface area (TPSA) is 46.3 Å². The van der Waals surface area contributed by atoms with Gasteiger partial charge in [-0.25, -0.2) is 0 Å². The van der Waals surface area contributed by atoms with Crippen LogP contribution < -0.4 is 5.73 Å². The van der Waals surface area contributed by atoms with E-state index in [0.29, 0.717) is 13.0 Å². The van der Waals surface area contributed by atoms with Crippen molar-refractivity contribution in [2.24, 2.45) is 5.73 Å². The first kappa shape index (κ1) is 12.7. The van der Waals surface area contributed by atoms with Gasteiger partial charge in [-0.15, -0.1) is 11.3 Å². The second-order valence-electron chi connectivity index (χ2n) is 3.47. The number of carbonyl (C=O) groups is 1. The highest BCUT2D eigenvalue weighted by Crippen LogP contribution is 2.21. The van der Waals surface area contributed by atoms with E-state index in [1.54, 1.807) is 23.3 Å². The summed E-state index contributed by atoms with van der Waals surface area (Å²) in [5, 5.41) is 2.03. The van der Waals surface area contributed by atoms with Gasteiger partial charge in [0.05, 0.1) is 9.83 Å². The molecule has 0 aliphatic rings. The van der Waals surface area contributed by atoms with E-state index in [-0.39, 0.29) is 11.9 Å². The summed E-state index contributed by atoms with van der Waals surface area (Å²) in [5.74, 6) is -0.000164. The minimum absolute atomic E-state index is 0.000164. The molecule has 1 atom stereocenters. The molecule has 84 valence electrons. The Hall–Kier alpha value is -0.390. The molecule has 0 fully saturated rings. The third kappa shape index (κ3) is 3.59. The molecular formula is C10H15BrN2OS. The van der Waals surface area contributed by atoms with Gasteiger partial charge in [-0.05, 0) is 39.4 Å². The fourth-order valence-electron chi connectivity index (χ4n) is 1.24. The van der Waals surface area contributed by atoms with Crippen LogP contribution in [-0.4, -0.2) is 23.9 Å². The van der Waals surface area contributed by atoms with Crippen LogP contribution in [0.3, 0.4) is 0 Å².